The average Bonchev–Trinajstić information content (AvgIpc) is 2.62. The van der Waals surface area contributed by atoms with Crippen molar-refractivity contribution in [3.8, 4) is 0 Å². The van der Waals surface area contributed by atoms with E-state index in [1.54, 1.807) is 43.3 Å². The number of hydrogen-bond donors (Lipinski definition) is 1. The minimum atomic E-state index is -1.37. The van der Waals surface area contributed by atoms with Crippen molar-refractivity contribution in [3.63, 3.8) is 0 Å². The molecule has 1 aliphatic rings. The lowest BCUT2D eigenvalue weighted by molar-refractivity contribution is -0.134. The standard InChI is InChI=1S/C20H19NO5/c1-12-8-9-16(15(10-12)17(22)25-3)21-19(24)20(2)11-13-6-4-5-7-14(13)18(23)26-20/h4-10H,11H2,1-3H3,(H,21,24). The van der Waals surface area contributed by atoms with E-state index >= 15 is 0 Å². The van der Waals surface area contributed by atoms with Gasteiger partial charge in [0.15, 0.2) is 5.60 Å². The third-order valence-electron chi connectivity index (χ3n) is 4.39. The summed E-state index contributed by atoms with van der Waals surface area (Å²) in [5, 5.41) is 2.70. The van der Waals surface area contributed by atoms with E-state index in [4.69, 9.17) is 9.47 Å². The molecule has 1 aliphatic heterocycles. The first-order valence-corrected chi connectivity index (χ1v) is 8.16. The molecule has 26 heavy (non-hydrogen) atoms. The van der Waals surface area contributed by atoms with Crippen molar-refractivity contribution in [1.82, 2.24) is 0 Å². The van der Waals surface area contributed by atoms with Crippen LogP contribution in [0.5, 0.6) is 0 Å². The number of benzene rings is 2. The number of cyclic esters (lactones) is 1. The van der Waals surface area contributed by atoms with E-state index < -0.39 is 23.4 Å². The Balaban J connectivity index is 1.90. The number of fused-ring (bicyclic) bond motifs is 1. The molecule has 0 saturated heterocycles. The molecule has 6 heteroatoms. The van der Waals surface area contributed by atoms with Gasteiger partial charge in [0, 0.05) is 6.42 Å². The molecular weight excluding hydrogens is 334 g/mol. The molecule has 1 unspecified atom stereocenters. The van der Waals surface area contributed by atoms with Crippen LogP contribution in [0.15, 0.2) is 42.5 Å². The number of amides is 1. The Morgan fingerprint density at radius 1 is 1.19 bits per heavy atom. The molecule has 0 radical (unpaired) electrons. The summed E-state index contributed by atoms with van der Waals surface area (Å²) in [4.78, 5) is 37.1. The maximum atomic E-state index is 12.9. The topological polar surface area (TPSA) is 81.7 Å². The van der Waals surface area contributed by atoms with Crippen LogP contribution >= 0.6 is 0 Å². The fourth-order valence-electron chi connectivity index (χ4n) is 2.96. The molecule has 0 aromatic heterocycles. The summed E-state index contributed by atoms with van der Waals surface area (Å²) in [6.07, 6.45) is 0.250. The van der Waals surface area contributed by atoms with Crippen molar-refractivity contribution in [2.24, 2.45) is 0 Å². The predicted molar refractivity (Wildman–Crippen MR) is 95.1 cm³/mol. The van der Waals surface area contributed by atoms with Gasteiger partial charge >= 0.3 is 11.9 Å². The Kier molecular flexibility index (Phi) is 4.50. The molecule has 2 aromatic rings. The highest BCUT2D eigenvalue weighted by molar-refractivity contribution is 6.06. The van der Waals surface area contributed by atoms with Gasteiger partial charge in [-0.05, 0) is 37.6 Å². The van der Waals surface area contributed by atoms with E-state index in [2.05, 4.69) is 5.32 Å². The van der Waals surface area contributed by atoms with Crippen molar-refractivity contribution in [2.75, 3.05) is 12.4 Å². The number of carbonyl (C=O) groups is 3. The Labute approximate surface area is 151 Å². The Hall–Kier alpha value is -3.15. The van der Waals surface area contributed by atoms with E-state index in [1.807, 2.05) is 13.0 Å². The minimum absolute atomic E-state index is 0.243. The first-order chi connectivity index (χ1) is 12.3. The lowest BCUT2D eigenvalue weighted by Gasteiger charge is -2.33. The van der Waals surface area contributed by atoms with E-state index in [0.717, 1.165) is 11.1 Å². The zero-order valence-electron chi connectivity index (χ0n) is 14.8. The quantitative estimate of drug-likeness (QED) is 0.858. The lowest BCUT2D eigenvalue weighted by atomic mass is 9.89. The molecule has 1 N–H and O–H groups in total. The third-order valence-corrected chi connectivity index (χ3v) is 4.39. The SMILES string of the molecule is COC(=O)c1cc(C)ccc1NC(=O)C1(C)Cc2ccccc2C(=O)O1. The van der Waals surface area contributed by atoms with Crippen LogP contribution in [0.2, 0.25) is 0 Å². The van der Waals surface area contributed by atoms with Crippen LogP contribution < -0.4 is 5.32 Å². The largest absolute Gasteiger partial charge is 0.465 e. The second kappa shape index (κ2) is 6.63. The zero-order chi connectivity index (χ0) is 18.9. The number of rotatable bonds is 3. The molecule has 1 amide bonds. The number of esters is 2. The number of carbonyl (C=O) groups excluding carboxylic acids is 3. The second-order valence-electron chi connectivity index (χ2n) is 6.45. The van der Waals surface area contributed by atoms with Gasteiger partial charge in [0.25, 0.3) is 5.91 Å². The van der Waals surface area contributed by atoms with Crippen LogP contribution in [0.25, 0.3) is 0 Å². The van der Waals surface area contributed by atoms with Gasteiger partial charge in [0.2, 0.25) is 0 Å². The highest BCUT2D eigenvalue weighted by Gasteiger charge is 2.42. The highest BCUT2D eigenvalue weighted by atomic mass is 16.6. The summed E-state index contributed by atoms with van der Waals surface area (Å²) in [7, 11) is 1.28. The van der Waals surface area contributed by atoms with Gasteiger partial charge in [-0.25, -0.2) is 9.59 Å². The fourth-order valence-corrected chi connectivity index (χ4v) is 2.96. The number of nitrogens with one attached hydrogen (secondary N) is 1. The molecule has 3 rings (SSSR count). The predicted octanol–water partition coefficient (Wildman–Crippen LogP) is 2.89. The smallest absolute Gasteiger partial charge is 0.339 e. The number of ether oxygens (including phenoxy) is 2. The normalized spacial score (nSPS) is 18.5. The highest BCUT2D eigenvalue weighted by Crippen LogP contribution is 2.30. The van der Waals surface area contributed by atoms with E-state index in [9.17, 15) is 14.4 Å². The maximum Gasteiger partial charge on any atom is 0.339 e. The van der Waals surface area contributed by atoms with E-state index in [0.29, 0.717) is 11.3 Å². The Morgan fingerprint density at radius 3 is 2.65 bits per heavy atom. The van der Waals surface area contributed by atoms with Crippen LogP contribution in [-0.4, -0.2) is 30.6 Å². The summed E-state index contributed by atoms with van der Waals surface area (Å²) >= 11 is 0. The molecule has 2 aromatic carbocycles. The number of methoxy groups -OCH3 is 1. The van der Waals surface area contributed by atoms with Gasteiger partial charge in [-0.15, -0.1) is 0 Å². The molecule has 134 valence electrons. The van der Waals surface area contributed by atoms with Gasteiger partial charge in [-0.1, -0.05) is 29.8 Å². The zero-order valence-corrected chi connectivity index (χ0v) is 14.8. The summed E-state index contributed by atoms with van der Waals surface area (Å²) in [6, 6.07) is 12.1. The van der Waals surface area contributed by atoms with Crippen molar-refractivity contribution in [2.45, 2.75) is 25.9 Å². The monoisotopic (exact) mass is 353 g/mol. The summed E-state index contributed by atoms with van der Waals surface area (Å²) in [5.74, 6) is -1.60. The van der Waals surface area contributed by atoms with E-state index in [-0.39, 0.29) is 12.0 Å². The van der Waals surface area contributed by atoms with Crippen molar-refractivity contribution < 1.29 is 23.9 Å². The summed E-state index contributed by atoms with van der Waals surface area (Å²) in [5.41, 5.74) is 1.24. The van der Waals surface area contributed by atoms with Crippen LogP contribution in [0.4, 0.5) is 5.69 Å². The van der Waals surface area contributed by atoms with Gasteiger partial charge < -0.3 is 14.8 Å². The van der Waals surface area contributed by atoms with Crippen molar-refractivity contribution in [3.05, 3.63) is 64.7 Å². The average molecular weight is 353 g/mol. The molecule has 1 atom stereocenters. The molecule has 0 bridgehead atoms. The minimum Gasteiger partial charge on any atom is -0.465 e. The van der Waals surface area contributed by atoms with Crippen molar-refractivity contribution >= 4 is 23.5 Å². The van der Waals surface area contributed by atoms with Crippen LogP contribution in [-0.2, 0) is 20.7 Å². The second-order valence-corrected chi connectivity index (χ2v) is 6.45. The summed E-state index contributed by atoms with van der Waals surface area (Å²) in [6.45, 7) is 3.39. The lowest BCUT2D eigenvalue weighted by Crippen LogP contribution is -2.49. The Bertz CT molecular complexity index is 905. The molecule has 0 saturated carbocycles. The number of anilines is 1. The first kappa shape index (κ1) is 17.7. The Morgan fingerprint density at radius 2 is 1.92 bits per heavy atom. The van der Waals surface area contributed by atoms with Gasteiger partial charge in [-0.3, -0.25) is 4.79 Å². The van der Waals surface area contributed by atoms with Crippen molar-refractivity contribution in [1.29, 1.82) is 0 Å². The molecule has 0 fully saturated rings. The molecular formula is C20H19NO5. The van der Waals surface area contributed by atoms with Crippen LogP contribution in [0.3, 0.4) is 0 Å². The molecule has 0 spiro atoms. The maximum absolute atomic E-state index is 12.9. The third kappa shape index (κ3) is 3.18. The summed E-state index contributed by atoms with van der Waals surface area (Å²) < 4.78 is 10.2. The molecule has 0 aliphatic carbocycles. The molecule has 1 heterocycles. The van der Waals surface area contributed by atoms with Gasteiger partial charge in [-0.2, -0.15) is 0 Å². The van der Waals surface area contributed by atoms with Gasteiger partial charge in [0.1, 0.15) is 0 Å². The number of aryl methyl sites for hydroxylation is 1. The van der Waals surface area contributed by atoms with E-state index in [1.165, 1.54) is 7.11 Å². The molecule has 6 nitrogen and oxygen atoms in total. The van der Waals surface area contributed by atoms with Gasteiger partial charge in [0.05, 0.1) is 23.9 Å². The van der Waals surface area contributed by atoms with Crippen LogP contribution in [0, 0.1) is 6.92 Å². The number of hydrogen-bond acceptors (Lipinski definition) is 5. The first-order valence-electron chi connectivity index (χ1n) is 8.16. The fraction of sp³-hybridized carbons (Fsp3) is 0.250. The van der Waals surface area contributed by atoms with Crippen LogP contribution in [0.1, 0.15) is 38.8 Å².